The van der Waals surface area contributed by atoms with E-state index in [4.69, 9.17) is 45.3 Å². The minimum Gasteiger partial charge on any atom is -0.459 e. The Bertz CT molecular complexity index is 1910. The quantitative estimate of drug-likeness (QED) is 0.0347. The van der Waals surface area contributed by atoms with Crippen LogP contribution in [0.1, 0.15) is 63.4 Å². The van der Waals surface area contributed by atoms with E-state index in [0.29, 0.717) is 42.4 Å². The SMILES string of the molecule is C=CCOC12Oc3ccc(Oc4ccc(-c5ccccc5)cc4)cc3C3C(CCCCO)C(CCCCO)C=C(C(=NOCC)CC1N(CCOCCO)C(=O)OCCCl)C32. The van der Waals surface area contributed by atoms with E-state index in [2.05, 4.69) is 30.9 Å². The number of alkyl halides is 1. The van der Waals surface area contributed by atoms with Gasteiger partial charge in [-0.1, -0.05) is 72.6 Å². The number of aliphatic hydroxyl groups is 3. The number of oxime groups is 1. The first-order valence-electron chi connectivity index (χ1n) is 21.6. The molecule has 3 aromatic rings. The molecule has 1 heterocycles. The summed E-state index contributed by atoms with van der Waals surface area (Å²) in [5.41, 5.74) is 4.73. The molecule has 1 fully saturated rings. The first kappa shape index (κ1) is 46.1. The van der Waals surface area contributed by atoms with Crippen LogP contribution in [0.2, 0.25) is 0 Å². The molecule has 61 heavy (non-hydrogen) atoms. The molecule has 330 valence electrons. The zero-order valence-corrected chi connectivity index (χ0v) is 35.9. The Hall–Kier alpha value is -4.43. The summed E-state index contributed by atoms with van der Waals surface area (Å²) in [4.78, 5) is 21.6. The molecule has 1 saturated carbocycles. The fourth-order valence-corrected chi connectivity index (χ4v) is 9.33. The maximum Gasteiger partial charge on any atom is 0.410 e. The maximum absolute atomic E-state index is 14.2. The van der Waals surface area contributed by atoms with Gasteiger partial charge < -0.3 is 43.8 Å². The Morgan fingerprint density at radius 3 is 2.38 bits per heavy atom. The fraction of sp³-hybridized carbons (Fsp3) is 0.500. The van der Waals surface area contributed by atoms with Crippen molar-refractivity contribution in [3.05, 3.63) is 103 Å². The van der Waals surface area contributed by atoms with Crippen molar-refractivity contribution in [2.45, 2.75) is 69.6 Å². The number of ether oxygens (including phenoxy) is 5. The zero-order valence-electron chi connectivity index (χ0n) is 35.2. The topological polar surface area (TPSA) is 149 Å². The van der Waals surface area contributed by atoms with E-state index in [1.54, 1.807) is 11.0 Å². The zero-order chi connectivity index (χ0) is 43.0. The summed E-state index contributed by atoms with van der Waals surface area (Å²) < 4.78 is 32.3. The van der Waals surface area contributed by atoms with Gasteiger partial charge in [0.1, 0.15) is 36.5 Å². The molecule has 1 amide bonds. The summed E-state index contributed by atoms with van der Waals surface area (Å²) in [7, 11) is 0. The van der Waals surface area contributed by atoms with Crippen LogP contribution >= 0.6 is 11.6 Å². The van der Waals surface area contributed by atoms with E-state index in [9.17, 15) is 20.1 Å². The summed E-state index contributed by atoms with van der Waals surface area (Å²) in [5.74, 6) is -0.0874. The van der Waals surface area contributed by atoms with Gasteiger partial charge in [-0.15, -0.1) is 18.2 Å². The number of hydrogen-bond donors (Lipinski definition) is 3. The molecule has 3 aliphatic rings. The lowest BCUT2D eigenvalue weighted by atomic mass is 9.55. The number of allylic oxidation sites excluding steroid dienone is 1. The van der Waals surface area contributed by atoms with Crippen LogP contribution in [0.5, 0.6) is 17.2 Å². The Morgan fingerprint density at radius 2 is 1.67 bits per heavy atom. The minimum atomic E-state index is -1.47. The third-order valence-electron chi connectivity index (χ3n) is 11.8. The number of amides is 1. The van der Waals surface area contributed by atoms with E-state index in [1.165, 1.54) is 0 Å². The van der Waals surface area contributed by atoms with Gasteiger partial charge >= 0.3 is 6.09 Å². The molecule has 0 aromatic heterocycles. The summed E-state index contributed by atoms with van der Waals surface area (Å²) in [5, 5.41) is 34.0. The predicted octanol–water partition coefficient (Wildman–Crippen LogP) is 8.49. The summed E-state index contributed by atoms with van der Waals surface area (Å²) >= 11 is 6.02. The lowest BCUT2D eigenvalue weighted by Gasteiger charge is -2.59. The highest BCUT2D eigenvalue weighted by Gasteiger charge is 2.65. The second-order valence-electron chi connectivity index (χ2n) is 15.5. The van der Waals surface area contributed by atoms with Gasteiger partial charge in [-0.25, -0.2) is 4.79 Å². The Kier molecular flexibility index (Phi) is 17.5. The standard InChI is InChI=1S/C48H61ClN2O10/c1-3-27-58-48-44(51(23-29-56-30-26-54)47(55)57-28-22-49)33-42(50-59-4-2)40-31-36(14-8-10-24-52)39(15-9-11-25-53)45(46(40)48)41-32-38(20-21-43(41)61-48)60-37-18-16-35(17-19-37)34-12-6-5-7-13-34/h3,5-7,12-13,16-21,31-32,36,39,44-46,52-54H,1,4,8-11,14-15,22-30,33H2,2H3. The molecular formula is C48H61ClN2O10. The number of fused-ring (bicyclic) bond motifs is 2. The van der Waals surface area contributed by atoms with Gasteiger partial charge in [0.25, 0.3) is 0 Å². The van der Waals surface area contributed by atoms with Crippen LogP contribution in [0.4, 0.5) is 4.79 Å². The van der Waals surface area contributed by atoms with Crippen molar-refractivity contribution in [1.29, 1.82) is 0 Å². The molecule has 0 bridgehead atoms. The monoisotopic (exact) mass is 860 g/mol. The fourth-order valence-electron chi connectivity index (χ4n) is 9.25. The van der Waals surface area contributed by atoms with E-state index in [1.807, 2.05) is 61.5 Å². The second-order valence-corrected chi connectivity index (χ2v) is 15.9. The van der Waals surface area contributed by atoms with Gasteiger partial charge in [-0.05, 0) is 91.5 Å². The third-order valence-corrected chi connectivity index (χ3v) is 11.9. The molecule has 0 radical (unpaired) electrons. The van der Waals surface area contributed by atoms with E-state index in [0.717, 1.165) is 47.9 Å². The number of hydrogen-bond acceptors (Lipinski definition) is 11. The van der Waals surface area contributed by atoms with Crippen molar-refractivity contribution in [1.82, 2.24) is 4.90 Å². The van der Waals surface area contributed by atoms with Gasteiger partial charge in [0.2, 0.25) is 5.79 Å². The molecule has 1 aliphatic heterocycles. The van der Waals surface area contributed by atoms with E-state index in [-0.39, 0.29) is 82.8 Å². The van der Waals surface area contributed by atoms with Crippen LogP contribution in [0.25, 0.3) is 11.1 Å². The number of carbonyl (C=O) groups excluding carboxylic acids is 1. The predicted molar refractivity (Wildman–Crippen MR) is 235 cm³/mol. The maximum atomic E-state index is 14.2. The molecular weight excluding hydrogens is 800 g/mol. The number of carbonyl (C=O) groups is 1. The van der Waals surface area contributed by atoms with Crippen molar-refractivity contribution in [3.8, 4) is 28.4 Å². The summed E-state index contributed by atoms with van der Waals surface area (Å²) in [6, 6.07) is 23.3. The van der Waals surface area contributed by atoms with Crippen LogP contribution in [0.3, 0.4) is 0 Å². The van der Waals surface area contributed by atoms with Crippen molar-refractivity contribution >= 4 is 23.4 Å². The number of benzene rings is 3. The number of aliphatic hydroxyl groups excluding tert-OH is 3. The summed E-state index contributed by atoms with van der Waals surface area (Å²) in [6.07, 6.45) is 8.08. The van der Waals surface area contributed by atoms with Crippen LogP contribution in [-0.2, 0) is 19.0 Å². The molecule has 3 N–H and O–H groups in total. The minimum absolute atomic E-state index is 0.0113. The second kappa shape index (κ2) is 23.1. The highest BCUT2D eigenvalue weighted by molar-refractivity contribution is 6.18. The number of unbranched alkanes of at least 4 members (excludes halogenated alkanes) is 2. The molecule has 6 unspecified atom stereocenters. The van der Waals surface area contributed by atoms with Crippen LogP contribution in [-0.4, -0.2) is 109 Å². The van der Waals surface area contributed by atoms with Gasteiger partial charge in [-0.2, -0.15) is 0 Å². The highest BCUT2D eigenvalue weighted by Crippen LogP contribution is 2.62. The molecule has 12 nitrogen and oxygen atoms in total. The van der Waals surface area contributed by atoms with Crippen LogP contribution in [0, 0.1) is 17.8 Å². The summed E-state index contributed by atoms with van der Waals surface area (Å²) in [6.45, 7) is 6.62. The van der Waals surface area contributed by atoms with E-state index >= 15 is 0 Å². The Morgan fingerprint density at radius 1 is 0.934 bits per heavy atom. The van der Waals surface area contributed by atoms with Crippen molar-refractivity contribution < 1.29 is 48.6 Å². The molecule has 0 spiro atoms. The van der Waals surface area contributed by atoms with E-state index < -0.39 is 23.8 Å². The smallest absolute Gasteiger partial charge is 0.410 e. The van der Waals surface area contributed by atoms with Gasteiger partial charge in [0.05, 0.1) is 43.9 Å². The number of halogens is 1. The first-order chi connectivity index (χ1) is 29.9. The van der Waals surface area contributed by atoms with Crippen molar-refractivity contribution in [2.75, 3.05) is 65.3 Å². The lowest BCUT2D eigenvalue weighted by molar-refractivity contribution is -0.256. The van der Waals surface area contributed by atoms with Gasteiger partial charge in [0, 0.05) is 37.7 Å². The average Bonchev–Trinajstić information content (AvgIpc) is 3.29. The average molecular weight is 861 g/mol. The molecule has 0 saturated heterocycles. The molecule has 13 heteroatoms. The molecule has 6 atom stereocenters. The Balaban J connectivity index is 1.52. The van der Waals surface area contributed by atoms with Crippen molar-refractivity contribution in [3.63, 3.8) is 0 Å². The highest BCUT2D eigenvalue weighted by atomic mass is 35.5. The Labute approximate surface area is 364 Å². The van der Waals surface area contributed by atoms with Gasteiger partial charge in [-0.3, -0.25) is 4.90 Å². The van der Waals surface area contributed by atoms with Crippen LogP contribution < -0.4 is 9.47 Å². The van der Waals surface area contributed by atoms with Crippen LogP contribution in [0.15, 0.2) is 102 Å². The molecule has 3 aromatic carbocycles. The van der Waals surface area contributed by atoms with Crippen molar-refractivity contribution in [2.24, 2.45) is 22.9 Å². The largest absolute Gasteiger partial charge is 0.459 e. The normalized spacial score (nSPS) is 23.3. The molecule has 6 rings (SSSR count). The first-order valence-corrected chi connectivity index (χ1v) is 22.2. The number of rotatable bonds is 24. The van der Waals surface area contributed by atoms with Gasteiger partial charge in [0.15, 0.2) is 0 Å². The molecule has 2 aliphatic carbocycles. The third kappa shape index (κ3) is 11.0. The lowest BCUT2D eigenvalue weighted by Crippen LogP contribution is -2.70. The number of nitrogens with zero attached hydrogens (tertiary/aromatic N) is 2.